The molecule has 1 aromatic heterocycles. The highest BCUT2D eigenvalue weighted by molar-refractivity contribution is 9.10. The maximum absolute atomic E-state index is 11.9. The van der Waals surface area contributed by atoms with E-state index < -0.39 is 0 Å². The summed E-state index contributed by atoms with van der Waals surface area (Å²) >= 11 is 9.16. The molecule has 2 aromatic rings. The smallest absolute Gasteiger partial charge is 0.251 e. The van der Waals surface area contributed by atoms with Gasteiger partial charge in [0.25, 0.3) is 11.5 Å². The van der Waals surface area contributed by atoms with Crippen LogP contribution in [-0.2, 0) is 6.54 Å². The van der Waals surface area contributed by atoms with Crippen LogP contribution in [0.4, 0.5) is 0 Å². The van der Waals surface area contributed by atoms with Crippen molar-refractivity contribution in [2.75, 3.05) is 6.54 Å². The lowest BCUT2D eigenvalue weighted by atomic mass is 10.2. The van der Waals surface area contributed by atoms with Gasteiger partial charge in [0.2, 0.25) is 0 Å². The van der Waals surface area contributed by atoms with Gasteiger partial charge in [-0.3, -0.25) is 9.59 Å². The summed E-state index contributed by atoms with van der Waals surface area (Å²) in [5.74, 6) is -0.124. The highest BCUT2D eigenvalue weighted by Crippen LogP contribution is 2.10. The first-order chi connectivity index (χ1) is 10.1. The van der Waals surface area contributed by atoms with Crippen molar-refractivity contribution in [1.29, 1.82) is 0 Å². The predicted molar refractivity (Wildman–Crippen MR) is 86.8 cm³/mol. The Hall–Kier alpha value is -1.59. The number of aryl methyl sites for hydroxylation is 1. The zero-order valence-electron chi connectivity index (χ0n) is 11.2. The van der Waals surface area contributed by atoms with Gasteiger partial charge >= 0.3 is 0 Å². The third-order valence-electron chi connectivity index (χ3n) is 2.92. The first-order valence-electron chi connectivity index (χ1n) is 6.46. The van der Waals surface area contributed by atoms with Crippen molar-refractivity contribution >= 4 is 33.4 Å². The molecule has 2 rings (SSSR count). The Labute approximate surface area is 135 Å². The van der Waals surface area contributed by atoms with Crippen molar-refractivity contribution in [1.82, 2.24) is 9.88 Å². The van der Waals surface area contributed by atoms with Gasteiger partial charge in [0.15, 0.2) is 0 Å². The number of halogens is 2. The number of benzene rings is 1. The lowest BCUT2D eigenvalue weighted by Gasteiger charge is -2.07. The summed E-state index contributed by atoms with van der Waals surface area (Å²) < 4.78 is 2.47. The average molecular weight is 370 g/mol. The lowest BCUT2D eigenvalue weighted by Crippen LogP contribution is -2.26. The number of aromatic nitrogens is 1. The number of amides is 1. The first kappa shape index (κ1) is 15.8. The highest BCUT2D eigenvalue weighted by atomic mass is 79.9. The number of hydrogen-bond donors (Lipinski definition) is 1. The molecule has 0 saturated carbocycles. The van der Waals surface area contributed by atoms with Crippen LogP contribution in [0.5, 0.6) is 0 Å². The fourth-order valence-corrected chi connectivity index (χ4v) is 2.28. The molecule has 0 atom stereocenters. The molecule has 0 aliphatic carbocycles. The summed E-state index contributed by atoms with van der Waals surface area (Å²) in [6, 6.07) is 10.1. The van der Waals surface area contributed by atoms with Gasteiger partial charge in [-0.1, -0.05) is 27.5 Å². The second kappa shape index (κ2) is 7.43. The van der Waals surface area contributed by atoms with Crippen LogP contribution in [0.15, 0.2) is 51.9 Å². The lowest BCUT2D eigenvalue weighted by molar-refractivity contribution is 0.0952. The number of pyridine rings is 1. The Morgan fingerprint density at radius 2 is 1.90 bits per heavy atom. The van der Waals surface area contributed by atoms with Gasteiger partial charge in [0, 0.05) is 35.4 Å². The van der Waals surface area contributed by atoms with Crippen LogP contribution in [0, 0.1) is 0 Å². The fraction of sp³-hybridized carbons (Fsp3) is 0.200. The zero-order chi connectivity index (χ0) is 15.2. The molecule has 0 bridgehead atoms. The summed E-state index contributed by atoms with van der Waals surface area (Å²) in [5, 5.41) is 3.34. The number of hydrogen-bond acceptors (Lipinski definition) is 2. The molecule has 21 heavy (non-hydrogen) atoms. The largest absolute Gasteiger partial charge is 0.352 e. The Morgan fingerprint density at radius 3 is 2.62 bits per heavy atom. The van der Waals surface area contributed by atoms with Crippen molar-refractivity contribution in [2.24, 2.45) is 0 Å². The topological polar surface area (TPSA) is 51.1 Å². The second-order valence-electron chi connectivity index (χ2n) is 4.50. The summed E-state index contributed by atoms with van der Waals surface area (Å²) in [7, 11) is 0. The van der Waals surface area contributed by atoms with E-state index in [9.17, 15) is 9.59 Å². The van der Waals surface area contributed by atoms with E-state index in [4.69, 9.17) is 11.6 Å². The SMILES string of the molecule is O=C(NCCCn1cc(Cl)ccc1=O)c1ccc(Br)cc1. The summed E-state index contributed by atoms with van der Waals surface area (Å²) in [5.41, 5.74) is 0.511. The molecule has 0 fully saturated rings. The van der Waals surface area contributed by atoms with Crippen molar-refractivity contribution in [3.05, 3.63) is 68.0 Å². The number of carbonyl (C=O) groups is 1. The molecule has 1 aromatic carbocycles. The number of rotatable bonds is 5. The fourth-order valence-electron chi connectivity index (χ4n) is 1.83. The molecular weight excluding hydrogens is 356 g/mol. The molecule has 6 heteroatoms. The van der Waals surface area contributed by atoms with E-state index in [2.05, 4.69) is 21.2 Å². The molecule has 1 heterocycles. The number of nitrogens with one attached hydrogen (secondary N) is 1. The first-order valence-corrected chi connectivity index (χ1v) is 7.63. The van der Waals surface area contributed by atoms with Gasteiger partial charge in [-0.15, -0.1) is 0 Å². The number of nitrogens with zero attached hydrogens (tertiary/aromatic N) is 1. The van der Waals surface area contributed by atoms with E-state index in [0.29, 0.717) is 30.1 Å². The Kier molecular flexibility index (Phi) is 5.59. The van der Waals surface area contributed by atoms with Gasteiger partial charge in [0.1, 0.15) is 0 Å². The van der Waals surface area contributed by atoms with E-state index in [-0.39, 0.29) is 11.5 Å². The van der Waals surface area contributed by atoms with Crippen molar-refractivity contribution in [2.45, 2.75) is 13.0 Å². The van der Waals surface area contributed by atoms with Gasteiger partial charge in [-0.25, -0.2) is 0 Å². The van der Waals surface area contributed by atoms with Gasteiger partial charge in [0.05, 0.1) is 5.02 Å². The van der Waals surface area contributed by atoms with Crippen molar-refractivity contribution < 1.29 is 4.79 Å². The van der Waals surface area contributed by atoms with Gasteiger partial charge in [-0.05, 0) is 36.8 Å². The van der Waals surface area contributed by atoms with E-state index in [1.54, 1.807) is 24.4 Å². The van der Waals surface area contributed by atoms with Gasteiger partial charge in [-0.2, -0.15) is 0 Å². The highest BCUT2D eigenvalue weighted by Gasteiger charge is 2.04. The van der Waals surface area contributed by atoms with E-state index in [1.807, 2.05) is 12.1 Å². The molecule has 0 unspecified atom stereocenters. The maximum atomic E-state index is 11.9. The van der Waals surface area contributed by atoms with Crippen molar-refractivity contribution in [3.8, 4) is 0 Å². The molecule has 0 spiro atoms. The molecular formula is C15H14BrClN2O2. The van der Waals surface area contributed by atoms with Crippen LogP contribution < -0.4 is 10.9 Å². The molecule has 0 aliphatic rings. The summed E-state index contributed by atoms with van der Waals surface area (Å²) in [6.07, 6.45) is 2.25. The molecule has 110 valence electrons. The molecule has 0 saturated heterocycles. The Morgan fingerprint density at radius 1 is 1.19 bits per heavy atom. The van der Waals surface area contributed by atoms with Gasteiger partial charge < -0.3 is 9.88 Å². The maximum Gasteiger partial charge on any atom is 0.251 e. The van der Waals surface area contributed by atoms with Crippen LogP contribution in [0.25, 0.3) is 0 Å². The second-order valence-corrected chi connectivity index (χ2v) is 5.85. The van der Waals surface area contributed by atoms with E-state index in [1.165, 1.54) is 10.6 Å². The quantitative estimate of drug-likeness (QED) is 0.824. The third kappa shape index (κ3) is 4.72. The summed E-state index contributed by atoms with van der Waals surface area (Å²) in [4.78, 5) is 23.4. The van der Waals surface area contributed by atoms with Crippen LogP contribution in [0.3, 0.4) is 0 Å². The van der Waals surface area contributed by atoms with E-state index in [0.717, 1.165) is 4.47 Å². The zero-order valence-corrected chi connectivity index (χ0v) is 13.5. The van der Waals surface area contributed by atoms with Crippen LogP contribution in [-0.4, -0.2) is 17.0 Å². The Bertz CT molecular complexity index is 683. The van der Waals surface area contributed by atoms with E-state index >= 15 is 0 Å². The number of carbonyl (C=O) groups excluding carboxylic acids is 1. The standard InChI is InChI=1S/C15H14BrClN2O2/c16-12-4-2-11(3-5-12)15(21)18-8-1-9-19-10-13(17)6-7-14(19)20/h2-7,10H,1,8-9H2,(H,18,21). The molecule has 1 N–H and O–H groups in total. The molecule has 0 aliphatic heterocycles. The average Bonchev–Trinajstić information content (AvgIpc) is 2.47. The molecule has 4 nitrogen and oxygen atoms in total. The van der Waals surface area contributed by atoms with Crippen molar-refractivity contribution in [3.63, 3.8) is 0 Å². The molecule has 0 radical (unpaired) electrons. The minimum atomic E-state index is -0.124. The third-order valence-corrected chi connectivity index (χ3v) is 3.67. The summed E-state index contributed by atoms with van der Waals surface area (Å²) in [6.45, 7) is 1.01. The molecule has 1 amide bonds. The van der Waals surface area contributed by atoms with Crippen LogP contribution in [0.1, 0.15) is 16.8 Å². The minimum Gasteiger partial charge on any atom is -0.352 e. The normalized spacial score (nSPS) is 10.4. The minimum absolute atomic E-state index is 0.0985. The monoisotopic (exact) mass is 368 g/mol. The van der Waals surface area contributed by atoms with Crippen LogP contribution in [0.2, 0.25) is 5.02 Å². The van der Waals surface area contributed by atoms with Crippen LogP contribution >= 0.6 is 27.5 Å². The predicted octanol–water partition coefficient (Wildman–Crippen LogP) is 3.08. The Balaban J connectivity index is 1.82.